The molecule has 0 spiro atoms. The van der Waals surface area contributed by atoms with Crippen LogP contribution in [0.15, 0.2) is 58.2 Å². The molecule has 0 aliphatic carbocycles. The number of hydrogen-bond donors (Lipinski definition) is 1. The molecular weight excluding hydrogens is 482 g/mol. The molecule has 10 heteroatoms. The predicted octanol–water partition coefficient (Wildman–Crippen LogP) is 3.69. The Morgan fingerprint density at radius 3 is 2.86 bits per heavy atom. The molecule has 36 heavy (non-hydrogen) atoms. The van der Waals surface area contributed by atoms with Crippen LogP contribution in [0, 0.1) is 0 Å². The van der Waals surface area contributed by atoms with Crippen LogP contribution in [0.3, 0.4) is 0 Å². The lowest BCUT2D eigenvalue weighted by Gasteiger charge is -2.37. The summed E-state index contributed by atoms with van der Waals surface area (Å²) in [6.45, 7) is 6.69. The Labute approximate surface area is 215 Å². The van der Waals surface area contributed by atoms with E-state index in [4.69, 9.17) is 18.9 Å². The van der Waals surface area contributed by atoms with E-state index in [1.807, 2.05) is 22.4 Å². The van der Waals surface area contributed by atoms with Crippen LogP contribution < -0.4 is 14.8 Å². The molecule has 4 rings (SSSR count). The first-order valence-corrected chi connectivity index (χ1v) is 12.7. The second kappa shape index (κ2) is 11.7. The van der Waals surface area contributed by atoms with Crippen molar-refractivity contribution in [2.45, 2.75) is 38.3 Å². The van der Waals surface area contributed by atoms with Crippen LogP contribution in [-0.4, -0.2) is 62.0 Å². The minimum atomic E-state index is -0.632. The van der Waals surface area contributed by atoms with Crippen LogP contribution in [-0.2, 0) is 19.1 Å². The van der Waals surface area contributed by atoms with Crippen molar-refractivity contribution in [2.75, 3.05) is 34.0 Å². The lowest BCUT2D eigenvalue weighted by molar-refractivity contribution is -0.138. The van der Waals surface area contributed by atoms with Gasteiger partial charge in [0.2, 0.25) is 5.91 Å². The SMILES string of the molecule is C=CCOC(=O)C1=C(C)N=C2SC=C(CC(=O)NC[C@H]3CCCO3)N2[C@H]1c1cccc(OC)c1OC. The number of para-hydroxylation sites is 1. The van der Waals surface area contributed by atoms with Crippen molar-refractivity contribution in [1.29, 1.82) is 0 Å². The number of nitrogens with one attached hydrogen (secondary N) is 1. The molecule has 1 amide bonds. The largest absolute Gasteiger partial charge is 0.493 e. The molecule has 1 saturated heterocycles. The molecule has 1 aromatic carbocycles. The van der Waals surface area contributed by atoms with E-state index in [-0.39, 0.29) is 25.0 Å². The molecule has 0 radical (unpaired) electrons. The fraction of sp³-hybridized carbons (Fsp3) is 0.423. The topological polar surface area (TPSA) is 98.7 Å². The van der Waals surface area contributed by atoms with Gasteiger partial charge in [0.25, 0.3) is 0 Å². The first-order chi connectivity index (χ1) is 17.5. The molecule has 2 atom stereocenters. The molecule has 3 aliphatic heterocycles. The number of aliphatic imine (C=N–C) groups is 1. The van der Waals surface area contributed by atoms with E-state index < -0.39 is 12.0 Å². The van der Waals surface area contributed by atoms with E-state index in [0.717, 1.165) is 25.1 Å². The van der Waals surface area contributed by atoms with Crippen LogP contribution in [0.25, 0.3) is 0 Å². The number of carbonyl (C=O) groups excluding carboxylic acids is 2. The predicted molar refractivity (Wildman–Crippen MR) is 138 cm³/mol. The number of ether oxygens (including phenoxy) is 4. The van der Waals surface area contributed by atoms with Gasteiger partial charge in [-0.05, 0) is 31.2 Å². The molecule has 3 heterocycles. The first-order valence-electron chi connectivity index (χ1n) is 11.8. The van der Waals surface area contributed by atoms with Gasteiger partial charge < -0.3 is 29.2 Å². The quantitative estimate of drug-likeness (QED) is 0.374. The van der Waals surface area contributed by atoms with Gasteiger partial charge in [-0.15, -0.1) is 0 Å². The van der Waals surface area contributed by atoms with Gasteiger partial charge in [0.1, 0.15) is 6.61 Å². The van der Waals surface area contributed by atoms with Crippen LogP contribution in [0.1, 0.15) is 37.8 Å². The van der Waals surface area contributed by atoms with Gasteiger partial charge in [-0.25, -0.2) is 9.79 Å². The number of amides is 1. The smallest absolute Gasteiger partial charge is 0.338 e. The maximum Gasteiger partial charge on any atom is 0.338 e. The van der Waals surface area contributed by atoms with Crippen LogP contribution >= 0.6 is 11.8 Å². The molecule has 0 unspecified atom stereocenters. The van der Waals surface area contributed by atoms with Crippen molar-refractivity contribution >= 4 is 28.8 Å². The summed E-state index contributed by atoms with van der Waals surface area (Å²) in [5.41, 5.74) is 2.32. The fourth-order valence-electron chi connectivity index (χ4n) is 4.52. The molecule has 1 fully saturated rings. The van der Waals surface area contributed by atoms with Gasteiger partial charge in [-0.2, -0.15) is 0 Å². The van der Waals surface area contributed by atoms with Gasteiger partial charge in [0.15, 0.2) is 16.7 Å². The summed E-state index contributed by atoms with van der Waals surface area (Å²) in [4.78, 5) is 32.7. The summed E-state index contributed by atoms with van der Waals surface area (Å²) in [6.07, 6.45) is 3.65. The number of benzene rings is 1. The molecule has 3 aliphatic rings. The monoisotopic (exact) mass is 513 g/mol. The molecule has 9 nitrogen and oxygen atoms in total. The number of methoxy groups -OCH3 is 2. The van der Waals surface area contributed by atoms with Crippen LogP contribution in [0.2, 0.25) is 0 Å². The lowest BCUT2D eigenvalue weighted by Crippen LogP contribution is -2.39. The summed E-state index contributed by atoms with van der Waals surface area (Å²) in [6, 6.07) is 4.87. The Balaban J connectivity index is 1.69. The molecule has 1 aromatic rings. The Morgan fingerprint density at radius 1 is 1.33 bits per heavy atom. The van der Waals surface area contributed by atoms with E-state index in [2.05, 4.69) is 16.9 Å². The van der Waals surface area contributed by atoms with E-state index in [1.54, 1.807) is 27.2 Å². The van der Waals surface area contributed by atoms with Gasteiger partial charge in [-0.3, -0.25) is 4.79 Å². The minimum absolute atomic E-state index is 0.0543. The summed E-state index contributed by atoms with van der Waals surface area (Å²) >= 11 is 1.41. The Hall–Kier alpha value is -3.24. The first kappa shape index (κ1) is 25.8. The van der Waals surface area contributed by atoms with Gasteiger partial charge >= 0.3 is 5.97 Å². The third kappa shape index (κ3) is 5.29. The highest BCUT2D eigenvalue weighted by Gasteiger charge is 2.42. The maximum absolute atomic E-state index is 13.3. The fourth-order valence-corrected chi connectivity index (χ4v) is 5.49. The highest BCUT2D eigenvalue weighted by Crippen LogP contribution is 2.48. The normalized spacial score (nSPS) is 20.9. The van der Waals surface area contributed by atoms with Crippen molar-refractivity contribution in [3.8, 4) is 11.5 Å². The van der Waals surface area contributed by atoms with Crippen LogP contribution in [0.5, 0.6) is 11.5 Å². The van der Waals surface area contributed by atoms with Crippen LogP contribution in [0.4, 0.5) is 0 Å². The number of esters is 1. The number of hydrogen-bond acceptors (Lipinski definition) is 9. The third-order valence-corrected chi connectivity index (χ3v) is 7.06. The number of amidine groups is 1. The number of nitrogens with zero attached hydrogens (tertiary/aromatic N) is 2. The van der Waals surface area contributed by atoms with Crippen molar-refractivity contribution < 1.29 is 28.5 Å². The Morgan fingerprint density at radius 2 is 2.17 bits per heavy atom. The molecule has 0 saturated carbocycles. The molecule has 0 aromatic heterocycles. The van der Waals surface area contributed by atoms with E-state index >= 15 is 0 Å². The standard InChI is InChI=1S/C26H31N3O6S/c1-5-11-35-25(31)22-16(2)28-26-29(23(22)19-9-6-10-20(32-3)24(19)33-4)17(15-36-26)13-21(30)27-14-18-8-7-12-34-18/h5-6,9-10,15,18,23H,1,7-8,11-14H2,2-4H3,(H,27,30)/t18-,23+/m1/s1. The molecule has 192 valence electrons. The van der Waals surface area contributed by atoms with Gasteiger partial charge in [0, 0.05) is 24.4 Å². The highest BCUT2D eigenvalue weighted by molar-refractivity contribution is 8.16. The highest BCUT2D eigenvalue weighted by atomic mass is 32.2. The number of carbonyl (C=O) groups is 2. The van der Waals surface area contributed by atoms with Gasteiger partial charge in [-0.1, -0.05) is 36.5 Å². The molecular formula is C26H31N3O6S. The summed E-state index contributed by atoms with van der Waals surface area (Å²) in [5, 5.41) is 5.54. The number of thioether (sulfide) groups is 1. The third-order valence-electron chi connectivity index (χ3n) is 6.17. The maximum atomic E-state index is 13.3. The van der Waals surface area contributed by atoms with Crippen molar-refractivity contribution in [3.05, 3.63) is 58.8 Å². The Kier molecular flexibility index (Phi) is 8.37. The molecule has 0 bridgehead atoms. The van der Waals surface area contributed by atoms with Gasteiger partial charge in [0.05, 0.1) is 44.1 Å². The number of allylic oxidation sites excluding steroid dienone is 1. The van der Waals surface area contributed by atoms with Crippen molar-refractivity contribution in [1.82, 2.24) is 10.2 Å². The van der Waals surface area contributed by atoms with E-state index in [0.29, 0.717) is 40.0 Å². The summed E-state index contributed by atoms with van der Waals surface area (Å²) in [5.74, 6) is 0.385. The van der Waals surface area contributed by atoms with E-state index in [9.17, 15) is 9.59 Å². The number of fused-ring (bicyclic) bond motifs is 1. The Bertz CT molecular complexity index is 1120. The average molecular weight is 514 g/mol. The average Bonchev–Trinajstić information content (AvgIpc) is 3.54. The molecule has 1 N–H and O–H groups in total. The zero-order valence-corrected chi connectivity index (χ0v) is 21.6. The zero-order chi connectivity index (χ0) is 25.7. The summed E-state index contributed by atoms with van der Waals surface area (Å²) < 4.78 is 22.3. The van der Waals surface area contributed by atoms with E-state index in [1.165, 1.54) is 17.8 Å². The van der Waals surface area contributed by atoms with Crippen molar-refractivity contribution in [2.24, 2.45) is 4.99 Å². The minimum Gasteiger partial charge on any atom is -0.493 e. The van der Waals surface area contributed by atoms with Crippen molar-refractivity contribution in [3.63, 3.8) is 0 Å². The second-order valence-electron chi connectivity index (χ2n) is 8.48. The lowest BCUT2D eigenvalue weighted by atomic mass is 9.92. The summed E-state index contributed by atoms with van der Waals surface area (Å²) in [7, 11) is 3.12. The number of rotatable bonds is 10. The second-order valence-corrected chi connectivity index (χ2v) is 9.32. The zero-order valence-electron chi connectivity index (χ0n) is 20.7.